The highest BCUT2D eigenvalue weighted by molar-refractivity contribution is 7.92. The van der Waals surface area contributed by atoms with E-state index in [4.69, 9.17) is 9.72 Å². The molecule has 2 aliphatic rings. The number of aliphatic hydroxyl groups is 1. The number of cyclic esters (lactones) is 1. The summed E-state index contributed by atoms with van der Waals surface area (Å²) in [6.07, 6.45) is 0.0802. The smallest absolute Gasteiger partial charge is 0.343 e. The van der Waals surface area contributed by atoms with Gasteiger partial charge in [0.15, 0.2) is 5.60 Å². The van der Waals surface area contributed by atoms with Crippen LogP contribution in [0.5, 0.6) is 0 Å². The van der Waals surface area contributed by atoms with Crippen LogP contribution in [-0.4, -0.2) is 29.0 Å². The minimum atomic E-state index is -3.74. The minimum absolute atomic E-state index is 0.0802. The van der Waals surface area contributed by atoms with Gasteiger partial charge in [0.1, 0.15) is 6.61 Å². The molecule has 0 fully saturated rings. The number of anilines is 1. The molecule has 2 aliphatic heterocycles. The number of carbonyl (C=O) groups is 1. The lowest BCUT2D eigenvalue weighted by Crippen LogP contribution is -2.44. The number of hydrogen-bond acceptors (Lipinski definition) is 7. The van der Waals surface area contributed by atoms with E-state index in [1.54, 1.807) is 66.1 Å². The molecule has 0 spiro atoms. The molecule has 0 saturated heterocycles. The normalized spacial score (nSPS) is 16.6. The Kier molecular flexibility index (Phi) is 6.62. The van der Waals surface area contributed by atoms with Gasteiger partial charge in [-0.05, 0) is 74.0 Å². The van der Waals surface area contributed by atoms with Gasteiger partial charge in [-0.3, -0.25) is 9.52 Å². The standard InChI is InChI=1S/C35H27N3O6S/c1-3-35(41)29-18-31-32-25(19-38(31)33(39)28(29)20-44-34(35)40)17-24-15-23(11-14-30(24)36-32)10-9-22-5-4-6-26(16-22)37-45(42,43)27-12-7-21(2)8-13-27/h4-8,11-18,37,41H,3,19-20H2,1-2H3/t35-/m0/s1. The first-order chi connectivity index (χ1) is 21.6. The average molecular weight is 618 g/mol. The van der Waals surface area contributed by atoms with E-state index in [9.17, 15) is 23.1 Å². The molecule has 9 nitrogen and oxygen atoms in total. The van der Waals surface area contributed by atoms with E-state index >= 15 is 0 Å². The summed E-state index contributed by atoms with van der Waals surface area (Å²) < 4.78 is 35.0. The van der Waals surface area contributed by atoms with Crippen molar-refractivity contribution in [3.63, 3.8) is 0 Å². The molecule has 7 rings (SSSR count). The Morgan fingerprint density at radius 3 is 2.51 bits per heavy atom. The maximum Gasteiger partial charge on any atom is 0.343 e. The van der Waals surface area contributed by atoms with Gasteiger partial charge in [0.25, 0.3) is 15.6 Å². The molecule has 0 aliphatic carbocycles. The van der Waals surface area contributed by atoms with E-state index in [0.29, 0.717) is 34.7 Å². The number of aryl methyl sites for hydroxylation is 1. The Morgan fingerprint density at radius 2 is 1.76 bits per heavy atom. The molecule has 0 saturated carbocycles. The Hall–Kier alpha value is -5.24. The summed E-state index contributed by atoms with van der Waals surface area (Å²) in [5, 5.41) is 11.9. The third-order valence-electron chi connectivity index (χ3n) is 8.30. The van der Waals surface area contributed by atoms with E-state index < -0.39 is 21.6 Å². The van der Waals surface area contributed by atoms with Gasteiger partial charge < -0.3 is 14.4 Å². The summed E-state index contributed by atoms with van der Waals surface area (Å²) in [7, 11) is -3.74. The second-order valence-electron chi connectivity index (χ2n) is 11.3. The molecule has 0 radical (unpaired) electrons. The van der Waals surface area contributed by atoms with Crippen molar-refractivity contribution in [2.75, 3.05) is 4.72 Å². The maximum atomic E-state index is 13.4. The minimum Gasteiger partial charge on any atom is -0.458 e. The van der Waals surface area contributed by atoms with Crippen LogP contribution in [0.4, 0.5) is 5.69 Å². The summed E-state index contributed by atoms with van der Waals surface area (Å²) in [5.41, 5.74) is 3.87. The fourth-order valence-electron chi connectivity index (χ4n) is 5.80. The number of nitrogens with zero attached hydrogens (tertiary/aromatic N) is 2. The molecule has 4 heterocycles. The summed E-state index contributed by atoms with van der Waals surface area (Å²) in [6.45, 7) is 3.70. The average Bonchev–Trinajstić information content (AvgIpc) is 3.38. The Bertz CT molecular complexity index is 2300. The number of ether oxygens (including phenoxy) is 1. The first-order valence-corrected chi connectivity index (χ1v) is 15.9. The van der Waals surface area contributed by atoms with Crippen LogP contribution in [0.2, 0.25) is 0 Å². The molecule has 0 amide bonds. The number of pyridine rings is 2. The number of nitrogens with one attached hydrogen (secondary N) is 1. The van der Waals surface area contributed by atoms with E-state index in [-0.39, 0.29) is 34.6 Å². The third-order valence-corrected chi connectivity index (χ3v) is 9.70. The highest BCUT2D eigenvalue weighted by Crippen LogP contribution is 2.38. The quantitative estimate of drug-likeness (QED) is 0.219. The molecule has 3 aromatic carbocycles. The van der Waals surface area contributed by atoms with Crippen molar-refractivity contribution in [3.8, 4) is 23.2 Å². The zero-order chi connectivity index (χ0) is 31.5. The SMILES string of the molecule is CC[C@@]1(O)C(=O)OCc2c1cc1n(c2=O)Cc2cc3cc(C#Cc4cccc(NS(=O)(=O)c5ccc(C)cc5)c4)ccc3nc2-1. The molecule has 45 heavy (non-hydrogen) atoms. The monoisotopic (exact) mass is 617 g/mol. The van der Waals surface area contributed by atoms with Gasteiger partial charge in [-0.15, -0.1) is 0 Å². The Balaban J connectivity index is 1.18. The summed E-state index contributed by atoms with van der Waals surface area (Å²) in [5.74, 6) is 5.50. The largest absolute Gasteiger partial charge is 0.458 e. The van der Waals surface area contributed by atoms with E-state index in [1.165, 1.54) is 0 Å². The van der Waals surface area contributed by atoms with Gasteiger partial charge in [0.05, 0.1) is 39.6 Å². The number of hydrogen-bond donors (Lipinski definition) is 2. The van der Waals surface area contributed by atoms with Gasteiger partial charge in [0, 0.05) is 27.6 Å². The maximum absolute atomic E-state index is 13.4. The number of carbonyl (C=O) groups excluding carboxylic acids is 1. The first-order valence-electron chi connectivity index (χ1n) is 14.4. The van der Waals surface area contributed by atoms with Crippen molar-refractivity contribution in [1.82, 2.24) is 9.55 Å². The molecule has 10 heteroatoms. The highest BCUT2D eigenvalue weighted by atomic mass is 32.2. The number of esters is 1. The number of sulfonamides is 1. The predicted octanol–water partition coefficient (Wildman–Crippen LogP) is 4.59. The lowest BCUT2D eigenvalue weighted by atomic mass is 9.86. The first kappa shape index (κ1) is 28.5. The van der Waals surface area contributed by atoms with Crippen LogP contribution in [0.3, 0.4) is 0 Å². The summed E-state index contributed by atoms with van der Waals surface area (Å²) in [6, 6.07) is 22.8. The zero-order valence-electron chi connectivity index (χ0n) is 24.4. The van der Waals surface area contributed by atoms with Gasteiger partial charge in [-0.25, -0.2) is 18.2 Å². The lowest BCUT2D eigenvalue weighted by Gasteiger charge is -2.31. The van der Waals surface area contributed by atoms with Crippen LogP contribution in [0, 0.1) is 18.8 Å². The van der Waals surface area contributed by atoms with Crippen LogP contribution in [-0.2, 0) is 38.3 Å². The fraction of sp³-hybridized carbons (Fsp3) is 0.171. The molecule has 2 aromatic heterocycles. The van der Waals surface area contributed by atoms with Crippen molar-refractivity contribution in [3.05, 3.63) is 123 Å². The number of fused-ring (bicyclic) bond motifs is 5. The number of rotatable bonds is 4. The van der Waals surface area contributed by atoms with Crippen LogP contribution < -0.4 is 10.3 Å². The van der Waals surface area contributed by atoms with Gasteiger partial charge in [-0.2, -0.15) is 0 Å². The molecular weight excluding hydrogens is 590 g/mol. The van der Waals surface area contributed by atoms with Crippen LogP contribution in [0.15, 0.2) is 88.6 Å². The van der Waals surface area contributed by atoms with Crippen molar-refractivity contribution in [1.29, 1.82) is 0 Å². The molecule has 224 valence electrons. The second kappa shape index (κ2) is 10.4. The van der Waals surface area contributed by atoms with Crippen molar-refractivity contribution in [2.24, 2.45) is 0 Å². The number of benzene rings is 3. The van der Waals surface area contributed by atoms with Crippen molar-refractivity contribution < 1.29 is 23.1 Å². The van der Waals surface area contributed by atoms with Gasteiger partial charge in [0.2, 0.25) is 0 Å². The van der Waals surface area contributed by atoms with E-state index in [2.05, 4.69) is 16.6 Å². The van der Waals surface area contributed by atoms with Crippen LogP contribution in [0.1, 0.15) is 46.7 Å². The molecule has 2 N–H and O–H groups in total. The molecule has 5 aromatic rings. The highest BCUT2D eigenvalue weighted by Gasteiger charge is 2.45. The van der Waals surface area contributed by atoms with Crippen molar-refractivity contribution >= 4 is 32.6 Å². The lowest BCUT2D eigenvalue weighted by molar-refractivity contribution is -0.172. The predicted molar refractivity (Wildman–Crippen MR) is 169 cm³/mol. The van der Waals surface area contributed by atoms with Crippen LogP contribution >= 0.6 is 0 Å². The third kappa shape index (κ3) is 4.86. The van der Waals surface area contributed by atoms with E-state index in [1.807, 2.05) is 31.2 Å². The molecule has 1 atom stereocenters. The molecular formula is C35H27N3O6S. The summed E-state index contributed by atoms with van der Waals surface area (Å²) in [4.78, 5) is 30.9. The second-order valence-corrected chi connectivity index (χ2v) is 12.9. The summed E-state index contributed by atoms with van der Waals surface area (Å²) >= 11 is 0. The molecule has 0 unspecified atom stereocenters. The fourth-order valence-corrected chi connectivity index (χ4v) is 6.85. The Morgan fingerprint density at radius 1 is 1.00 bits per heavy atom. The van der Waals surface area contributed by atoms with Gasteiger partial charge in [-0.1, -0.05) is 42.5 Å². The Labute approximate surface area is 259 Å². The van der Waals surface area contributed by atoms with Crippen LogP contribution in [0.25, 0.3) is 22.3 Å². The zero-order valence-corrected chi connectivity index (χ0v) is 25.2. The topological polar surface area (TPSA) is 128 Å². The van der Waals surface area contributed by atoms with Gasteiger partial charge >= 0.3 is 5.97 Å². The molecule has 0 bridgehead atoms. The van der Waals surface area contributed by atoms with Crippen molar-refractivity contribution in [2.45, 2.75) is 43.9 Å². The number of aromatic nitrogens is 2. The van der Waals surface area contributed by atoms with E-state index in [0.717, 1.165) is 22.1 Å².